The Hall–Kier alpha value is -1.94. The van der Waals surface area contributed by atoms with Crippen LogP contribution < -0.4 is 0 Å². The minimum absolute atomic E-state index is 0.103. The van der Waals surface area contributed by atoms with Crippen molar-refractivity contribution >= 4 is 39.5 Å². The molecule has 408 valence electrons. The van der Waals surface area contributed by atoms with Gasteiger partial charge in [-0.1, -0.05) is 188 Å². The molecule has 0 aliphatic carbocycles. The van der Waals surface area contributed by atoms with E-state index in [1.165, 1.54) is 25.7 Å². The minimum Gasteiger partial charge on any atom is -0.462 e. The molecule has 0 aromatic heterocycles. The van der Waals surface area contributed by atoms with E-state index in [-0.39, 0.29) is 25.7 Å². The summed E-state index contributed by atoms with van der Waals surface area (Å²) in [7, 11) is -9.84. The molecule has 0 aromatic carbocycles. The quantitative estimate of drug-likeness (QED) is 0.0222. The average molecular weight is 1030 g/mol. The number of hydrogen-bond acceptors (Lipinski definition) is 15. The van der Waals surface area contributed by atoms with Crippen molar-refractivity contribution in [2.45, 2.75) is 258 Å². The van der Waals surface area contributed by atoms with Crippen LogP contribution in [0.4, 0.5) is 0 Å². The summed E-state index contributed by atoms with van der Waals surface area (Å²) >= 11 is 0. The second-order valence-electron chi connectivity index (χ2n) is 18.2. The molecular weight excluding hydrogens is 934 g/mol. The maximum absolute atomic E-state index is 12.8. The SMILES string of the molecule is CCCCCCCCCCC(=O)OC[C@H](COP(=O)(O)OC[C@@H](O)COP(=O)(O)OC[C@@H](COC(=O)CCCCCCCCC)OC(=O)CCCCCCCCC)OC(=O)CCCCCCCCC. The fraction of sp³-hybridized carbons (Fsp3) is 0.920. The Morgan fingerprint density at radius 3 is 0.855 bits per heavy atom. The van der Waals surface area contributed by atoms with Gasteiger partial charge in [-0.15, -0.1) is 0 Å². The van der Waals surface area contributed by atoms with Crippen LogP contribution in [0.3, 0.4) is 0 Å². The summed E-state index contributed by atoms with van der Waals surface area (Å²) in [5.41, 5.74) is 0. The topological polar surface area (TPSA) is 237 Å². The third kappa shape index (κ3) is 45.7. The van der Waals surface area contributed by atoms with Crippen LogP contribution in [0.15, 0.2) is 0 Å². The number of aliphatic hydroxyl groups excluding tert-OH is 1. The lowest BCUT2D eigenvalue weighted by Crippen LogP contribution is -2.30. The molecule has 3 N–H and O–H groups in total. The Kier molecular flexibility index (Phi) is 44.6. The first-order valence-electron chi connectivity index (χ1n) is 26.8. The third-order valence-electron chi connectivity index (χ3n) is 11.4. The number of phosphoric ester groups is 2. The summed E-state index contributed by atoms with van der Waals surface area (Å²) in [5.74, 6) is -2.17. The fourth-order valence-corrected chi connectivity index (χ4v) is 8.74. The van der Waals surface area contributed by atoms with Gasteiger partial charge in [-0.3, -0.25) is 37.3 Å². The van der Waals surface area contributed by atoms with E-state index in [1.807, 2.05) is 0 Å². The third-order valence-corrected chi connectivity index (χ3v) is 13.3. The van der Waals surface area contributed by atoms with E-state index >= 15 is 0 Å². The van der Waals surface area contributed by atoms with Gasteiger partial charge in [-0.25, -0.2) is 9.13 Å². The molecule has 69 heavy (non-hydrogen) atoms. The highest BCUT2D eigenvalue weighted by Crippen LogP contribution is 2.45. The van der Waals surface area contributed by atoms with Crippen molar-refractivity contribution in [2.75, 3.05) is 39.6 Å². The molecule has 2 unspecified atom stereocenters. The van der Waals surface area contributed by atoms with Crippen LogP contribution >= 0.6 is 15.6 Å². The molecule has 0 fully saturated rings. The van der Waals surface area contributed by atoms with Crippen molar-refractivity contribution in [1.29, 1.82) is 0 Å². The fourth-order valence-electron chi connectivity index (χ4n) is 7.16. The molecule has 0 aromatic rings. The molecule has 0 saturated carbocycles. The molecule has 0 radical (unpaired) electrons. The predicted octanol–water partition coefficient (Wildman–Crippen LogP) is 12.5. The van der Waals surface area contributed by atoms with Gasteiger partial charge in [0.2, 0.25) is 0 Å². The second kappa shape index (κ2) is 45.9. The maximum Gasteiger partial charge on any atom is 0.472 e. The van der Waals surface area contributed by atoms with Crippen molar-refractivity contribution in [3.63, 3.8) is 0 Å². The van der Waals surface area contributed by atoms with Crippen LogP contribution in [-0.4, -0.2) is 96.7 Å². The van der Waals surface area contributed by atoms with Crippen molar-refractivity contribution in [3.8, 4) is 0 Å². The zero-order chi connectivity index (χ0) is 51.3. The highest BCUT2D eigenvalue weighted by Gasteiger charge is 2.30. The van der Waals surface area contributed by atoms with E-state index in [0.717, 1.165) is 135 Å². The number of phosphoric acid groups is 2. The van der Waals surface area contributed by atoms with E-state index in [4.69, 9.17) is 37.0 Å². The van der Waals surface area contributed by atoms with E-state index in [1.54, 1.807) is 0 Å². The van der Waals surface area contributed by atoms with Gasteiger partial charge >= 0.3 is 39.5 Å². The first-order valence-corrected chi connectivity index (χ1v) is 29.8. The van der Waals surface area contributed by atoms with Gasteiger partial charge in [0.25, 0.3) is 0 Å². The minimum atomic E-state index is -4.92. The predicted molar refractivity (Wildman–Crippen MR) is 266 cm³/mol. The molecule has 0 saturated heterocycles. The lowest BCUT2D eigenvalue weighted by molar-refractivity contribution is -0.161. The van der Waals surface area contributed by atoms with E-state index < -0.39 is 97.5 Å². The summed E-state index contributed by atoms with van der Waals surface area (Å²) < 4.78 is 67.0. The number of rotatable bonds is 51. The first-order chi connectivity index (χ1) is 33.2. The lowest BCUT2D eigenvalue weighted by atomic mass is 10.1. The van der Waals surface area contributed by atoms with Gasteiger partial charge in [0.05, 0.1) is 26.4 Å². The highest BCUT2D eigenvalue weighted by molar-refractivity contribution is 7.47. The molecule has 5 atom stereocenters. The van der Waals surface area contributed by atoms with Gasteiger partial charge < -0.3 is 33.8 Å². The lowest BCUT2D eigenvalue weighted by Gasteiger charge is -2.21. The second-order valence-corrected chi connectivity index (χ2v) is 21.1. The van der Waals surface area contributed by atoms with Crippen LogP contribution in [0.5, 0.6) is 0 Å². The molecule has 0 rings (SSSR count). The highest BCUT2D eigenvalue weighted by atomic mass is 31.2. The van der Waals surface area contributed by atoms with Gasteiger partial charge in [0.1, 0.15) is 19.3 Å². The molecule has 0 heterocycles. The number of esters is 4. The van der Waals surface area contributed by atoms with Gasteiger partial charge in [0, 0.05) is 25.7 Å². The van der Waals surface area contributed by atoms with Crippen molar-refractivity contribution in [2.24, 2.45) is 0 Å². The molecule has 0 bridgehead atoms. The van der Waals surface area contributed by atoms with Gasteiger partial charge in [-0.2, -0.15) is 0 Å². The average Bonchev–Trinajstić information content (AvgIpc) is 3.32. The van der Waals surface area contributed by atoms with E-state index in [0.29, 0.717) is 25.7 Å². The zero-order valence-electron chi connectivity index (χ0n) is 43.3. The number of carbonyl (C=O) groups excluding carboxylic acids is 4. The Morgan fingerprint density at radius 1 is 0.348 bits per heavy atom. The molecule has 19 heteroatoms. The largest absolute Gasteiger partial charge is 0.472 e. The zero-order valence-corrected chi connectivity index (χ0v) is 45.0. The molecule has 17 nitrogen and oxygen atoms in total. The summed E-state index contributed by atoms with van der Waals surface area (Å²) in [5, 5.41) is 10.4. The van der Waals surface area contributed by atoms with Crippen LogP contribution in [-0.2, 0) is 65.4 Å². The maximum atomic E-state index is 12.8. The normalized spacial score (nSPS) is 14.6. The molecule has 0 aliphatic heterocycles. The number of unbranched alkanes of at least 4 members (excludes halogenated alkanes) is 25. The summed E-state index contributed by atoms with van der Waals surface area (Å²) in [6.45, 7) is 4.63. The molecule has 0 spiro atoms. The van der Waals surface area contributed by atoms with Crippen LogP contribution in [0.25, 0.3) is 0 Å². The van der Waals surface area contributed by atoms with Crippen LogP contribution in [0.1, 0.15) is 240 Å². The Bertz CT molecular complexity index is 1370. The van der Waals surface area contributed by atoms with Crippen LogP contribution in [0, 0.1) is 0 Å². The summed E-state index contributed by atoms with van der Waals surface area (Å²) in [4.78, 5) is 71.1. The summed E-state index contributed by atoms with van der Waals surface area (Å²) in [6.07, 6.45) is 25.7. The Labute approximate surface area is 416 Å². The summed E-state index contributed by atoms with van der Waals surface area (Å²) in [6, 6.07) is 0. The van der Waals surface area contributed by atoms with Gasteiger partial charge in [0.15, 0.2) is 12.2 Å². The van der Waals surface area contributed by atoms with Gasteiger partial charge in [-0.05, 0) is 25.7 Å². The Morgan fingerprint density at radius 2 is 0.580 bits per heavy atom. The number of aliphatic hydroxyl groups is 1. The molecule has 0 amide bonds. The molecule has 0 aliphatic rings. The molecular formula is C50H96O17P2. The van der Waals surface area contributed by atoms with Crippen molar-refractivity contribution in [3.05, 3.63) is 0 Å². The first kappa shape index (κ1) is 67.1. The smallest absolute Gasteiger partial charge is 0.462 e. The van der Waals surface area contributed by atoms with Crippen LogP contribution in [0.2, 0.25) is 0 Å². The van der Waals surface area contributed by atoms with E-state index in [2.05, 4.69) is 27.7 Å². The van der Waals surface area contributed by atoms with E-state index in [9.17, 15) is 43.2 Å². The number of hydrogen-bond donors (Lipinski definition) is 3. The monoisotopic (exact) mass is 1030 g/mol. The number of carbonyl (C=O) groups is 4. The van der Waals surface area contributed by atoms with Crippen molar-refractivity contribution < 1.29 is 80.2 Å². The Balaban J connectivity index is 5.17. The standard InChI is InChI=1S/C50H96O17P2/c1-5-9-13-17-21-25-27-31-35-48(53)61-41-46(67-50(55)37-33-29-24-20-16-12-8-4)43-65-69(58,59)63-39-44(51)38-62-68(56,57)64-42-45(66-49(54)36-32-28-23-19-15-11-7-3)40-60-47(52)34-30-26-22-18-14-10-6-2/h44-46,51H,5-43H2,1-4H3,(H,56,57)(H,58,59)/t44-,45+,46+/m0/s1. The van der Waals surface area contributed by atoms with Crippen molar-refractivity contribution in [1.82, 2.24) is 0 Å². The number of ether oxygens (including phenoxy) is 4.